The van der Waals surface area contributed by atoms with Crippen LogP contribution in [0.1, 0.15) is 74.5 Å². The molecule has 3 heterocycles. The van der Waals surface area contributed by atoms with Crippen LogP contribution in [0.3, 0.4) is 0 Å². The number of aromatic nitrogens is 4. The van der Waals surface area contributed by atoms with Crippen molar-refractivity contribution in [1.82, 2.24) is 25.2 Å². The van der Waals surface area contributed by atoms with Gasteiger partial charge in [0.25, 0.3) is 0 Å². The SMILES string of the molecule is Cc1ccc(-c2noc(CCCC(=O)N3CCC(C)(c4noc(C5CC5)n4)CC3)n2)cc1. The van der Waals surface area contributed by atoms with Crippen molar-refractivity contribution >= 4 is 5.91 Å². The van der Waals surface area contributed by atoms with Crippen LogP contribution in [0.4, 0.5) is 0 Å². The van der Waals surface area contributed by atoms with Crippen LogP contribution in [0.2, 0.25) is 0 Å². The fourth-order valence-corrected chi connectivity index (χ4v) is 4.17. The van der Waals surface area contributed by atoms with E-state index in [2.05, 4.69) is 27.2 Å². The first-order chi connectivity index (χ1) is 15.5. The highest BCUT2D eigenvalue weighted by Crippen LogP contribution is 2.41. The molecule has 1 saturated carbocycles. The summed E-state index contributed by atoms with van der Waals surface area (Å²) in [5.74, 6) is 3.39. The number of piperidine rings is 1. The van der Waals surface area contributed by atoms with Gasteiger partial charge in [-0.05, 0) is 39.0 Å². The Bertz CT molecular complexity index is 1080. The first-order valence-corrected chi connectivity index (χ1v) is 11.5. The number of benzene rings is 1. The van der Waals surface area contributed by atoms with E-state index in [1.165, 1.54) is 5.56 Å². The molecule has 1 aliphatic heterocycles. The Morgan fingerprint density at radius 2 is 1.84 bits per heavy atom. The van der Waals surface area contributed by atoms with E-state index in [0.717, 1.165) is 56.1 Å². The lowest BCUT2D eigenvalue weighted by Crippen LogP contribution is -2.44. The summed E-state index contributed by atoms with van der Waals surface area (Å²) in [6.45, 7) is 5.67. The van der Waals surface area contributed by atoms with Crippen molar-refractivity contribution in [3.8, 4) is 11.4 Å². The van der Waals surface area contributed by atoms with Crippen LogP contribution in [0.25, 0.3) is 11.4 Å². The van der Waals surface area contributed by atoms with E-state index in [0.29, 0.717) is 36.9 Å². The molecule has 0 N–H and O–H groups in total. The maximum absolute atomic E-state index is 12.7. The van der Waals surface area contributed by atoms with E-state index in [1.807, 2.05) is 36.1 Å². The molecule has 8 nitrogen and oxygen atoms in total. The molecule has 5 rings (SSSR count). The van der Waals surface area contributed by atoms with E-state index in [4.69, 9.17) is 9.05 Å². The Morgan fingerprint density at radius 1 is 1.09 bits per heavy atom. The predicted molar refractivity (Wildman–Crippen MR) is 117 cm³/mol. The Morgan fingerprint density at radius 3 is 2.56 bits per heavy atom. The molecule has 0 radical (unpaired) electrons. The smallest absolute Gasteiger partial charge is 0.229 e. The third kappa shape index (κ3) is 4.45. The van der Waals surface area contributed by atoms with Crippen molar-refractivity contribution < 1.29 is 13.8 Å². The summed E-state index contributed by atoms with van der Waals surface area (Å²) >= 11 is 0. The van der Waals surface area contributed by atoms with Gasteiger partial charge >= 0.3 is 0 Å². The van der Waals surface area contributed by atoms with Crippen molar-refractivity contribution in [3.63, 3.8) is 0 Å². The molecule has 1 saturated heterocycles. The molecular weight excluding hydrogens is 406 g/mol. The summed E-state index contributed by atoms with van der Waals surface area (Å²) in [6, 6.07) is 8.02. The summed E-state index contributed by atoms with van der Waals surface area (Å²) < 4.78 is 10.8. The monoisotopic (exact) mass is 435 g/mol. The van der Waals surface area contributed by atoms with Gasteiger partial charge in [0.1, 0.15) is 0 Å². The van der Waals surface area contributed by atoms with Gasteiger partial charge in [-0.2, -0.15) is 9.97 Å². The number of rotatable bonds is 7. The van der Waals surface area contributed by atoms with Gasteiger partial charge in [-0.1, -0.05) is 47.1 Å². The summed E-state index contributed by atoms with van der Waals surface area (Å²) in [6.07, 6.45) is 5.78. The van der Waals surface area contributed by atoms with Crippen LogP contribution < -0.4 is 0 Å². The number of carbonyl (C=O) groups is 1. The Kier molecular flexibility index (Phi) is 5.53. The number of aryl methyl sites for hydroxylation is 2. The second kappa shape index (κ2) is 8.48. The summed E-state index contributed by atoms with van der Waals surface area (Å²) in [5, 5.41) is 8.31. The highest BCUT2D eigenvalue weighted by Gasteiger charge is 2.39. The van der Waals surface area contributed by atoms with Crippen LogP contribution in [-0.4, -0.2) is 44.2 Å². The molecule has 3 aromatic rings. The maximum Gasteiger partial charge on any atom is 0.229 e. The van der Waals surface area contributed by atoms with Gasteiger partial charge in [-0.3, -0.25) is 4.79 Å². The van der Waals surface area contributed by atoms with Crippen molar-refractivity contribution in [2.24, 2.45) is 0 Å². The predicted octanol–water partition coefficient (Wildman–Crippen LogP) is 4.21. The second-order valence-corrected chi connectivity index (χ2v) is 9.40. The zero-order chi connectivity index (χ0) is 22.1. The molecule has 0 atom stereocenters. The minimum absolute atomic E-state index is 0.121. The topological polar surface area (TPSA) is 98.2 Å². The minimum atomic E-state index is -0.121. The van der Waals surface area contributed by atoms with E-state index in [9.17, 15) is 4.79 Å². The van der Waals surface area contributed by atoms with Crippen LogP contribution >= 0.6 is 0 Å². The average molecular weight is 436 g/mol. The lowest BCUT2D eigenvalue weighted by atomic mass is 9.79. The van der Waals surface area contributed by atoms with Crippen molar-refractivity contribution in [2.45, 2.75) is 70.1 Å². The van der Waals surface area contributed by atoms with Gasteiger partial charge < -0.3 is 13.9 Å². The molecule has 8 heteroatoms. The number of nitrogens with zero attached hydrogens (tertiary/aromatic N) is 5. The van der Waals surface area contributed by atoms with Gasteiger partial charge in [-0.25, -0.2) is 0 Å². The van der Waals surface area contributed by atoms with E-state index in [1.54, 1.807) is 0 Å². The van der Waals surface area contributed by atoms with Gasteiger partial charge in [0.05, 0.1) is 0 Å². The third-order valence-corrected chi connectivity index (χ3v) is 6.69. The maximum atomic E-state index is 12.7. The molecule has 1 amide bonds. The van der Waals surface area contributed by atoms with E-state index >= 15 is 0 Å². The molecule has 2 aromatic heterocycles. The molecular formula is C24H29N5O3. The van der Waals surface area contributed by atoms with Crippen LogP contribution in [0.5, 0.6) is 0 Å². The molecule has 0 unspecified atom stereocenters. The van der Waals surface area contributed by atoms with Gasteiger partial charge in [0.15, 0.2) is 5.82 Å². The normalized spacial score (nSPS) is 18.1. The molecule has 0 spiro atoms. The zero-order valence-electron chi connectivity index (χ0n) is 18.7. The van der Waals surface area contributed by atoms with Crippen molar-refractivity contribution in [2.75, 3.05) is 13.1 Å². The Balaban J connectivity index is 1.09. The second-order valence-electron chi connectivity index (χ2n) is 9.40. The first-order valence-electron chi connectivity index (χ1n) is 11.5. The summed E-state index contributed by atoms with van der Waals surface area (Å²) in [5.41, 5.74) is 2.00. The molecule has 32 heavy (non-hydrogen) atoms. The molecule has 1 aliphatic carbocycles. The fourth-order valence-electron chi connectivity index (χ4n) is 4.17. The van der Waals surface area contributed by atoms with Crippen LogP contribution in [0, 0.1) is 6.92 Å². The zero-order valence-corrected chi connectivity index (χ0v) is 18.7. The number of carbonyl (C=O) groups excluding carboxylic acids is 1. The summed E-state index contributed by atoms with van der Waals surface area (Å²) in [4.78, 5) is 23.8. The number of hydrogen-bond donors (Lipinski definition) is 0. The fraction of sp³-hybridized carbons (Fsp3) is 0.542. The Labute approximate surface area is 187 Å². The molecule has 0 bridgehead atoms. The van der Waals surface area contributed by atoms with Gasteiger partial charge in [0.2, 0.25) is 23.5 Å². The van der Waals surface area contributed by atoms with Gasteiger partial charge in [0, 0.05) is 42.8 Å². The average Bonchev–Trinajstić information content (AvgIpc) is 3.32. The number of hydrogen-bond acceptors (Lipinski definition) is 7. The molecule has 2 aliphatic rings. The van der Waals surface area contributed by atoms with E-state index in [-0.39, 0.29) is 11.3 Å². The van der Waals surface area contributed by atoms with Crippen molar-refractivity contribution in [1.29, 1.82) is 0 Å². The quantitative estimate of drug-likeness (QED) is 0.548. The lowest BCUT2D eigenvalue weighted by Gasteiger charge is -2.37. The van der Waals surface area contributed by atoms with Gasteiger partial charge in [-0.15, -0.1) is 0 Å². The lowest BCUT2D eigenvalue weighted by molar-refractivity contribution is -0.132. The first kappa shape index (κ1) is 20.8. The largest absolute Gasteiger partial charge is 0.343 e. The summed E-state index contributed by atoms with van der Waals surface area (Å²) in [7, 11) is 0. The third-order valence-electron chi connectivity index (χ3n) is 6.69. The minimum Gasteiger partial charge on any atom is -0.343 e. The highest BCUT2D eigenvalue weighted by molar-refractivity contribution is 5.76. The van der Waals surface area contributed by atoms with E-state index < -0.39 is 0 Å². The van der Waals surface area contributed by atoms with Crippen molar-refractivity contribution in [3.05, 3.63) is 47.4 Å². The number of likely N-dealkylation sites (tertiary alicyclic amines) is 1. The van der Waals surface area contributed by atoms with Crippen LogP contribution in [0.15, 0.2) is 33.3 Å². The van der Waals surface area contributed by atoms with Crippen LogP contribution in [-0.2, 0) is 16.6 Å². The molecule has 1 aromatic carbocycles. The highest BCUT2D eigenvalue weighted by atomic mass is 16.5. The molecule has 168 valence electrons. The molecule has 2 fully saturated rings. The Hall–Kier alpha value is -3.03. The number of amides is 1. The standard InChI is InChI=1S/C24H29N5O3/c1-16-6-8-17(9-7-16)21-25-19(31-27-21)4-3-5-20(30)29-14-12-24(2,13-15-29)23-26-22(32-28-23)18-10-11-18/h6-9,18H,3-5,10-15H2,1-2H3.